The second kappa shape index (κ2) is 4.78. The highest BCUT2D eigenvalue weighted by atomic mass is 32.2. The number of hydrogen-bond acceptors (Lipinski definition) is 3. The van der Waals surface area contributed by atoms with Gasteiger partial charge in [-0.3, -0.25) is 0 Å². The fraction of sp³-hybridized carbons (Fsp3) is 0.625. The third-order valence-electron chi connectivity index (χ3n) is 1.24. The summed E-state index contributed by atoms with van der Waals surface area (Å²) in [6.45, 7) is 4.31. The van der Waals surface area contributed by atoms with Crippen LogP contribution in [-0.4, -0.2) is 10.7 Å². The molecule has 1 rings (SSSR count). The van der Waals surface area contributed by atoms with E-state index in [1.807, 2.05) is 18.0 Å². The standard InChI is InChI=1S/C8H13NS2/c1-3-4-10-6-8-9-5-7(2)11-8/h5H,3-4,6H2,1-2H3. The van der Waals surface area contributed by atoms with Crippen LogP contribution < -0.4 is 0 Å². The maximum atomic E-state index is 4.29. The molecule has 0 saturated carbocycles. The predicted octanol–water partition coefficient (Wildman–Crippen LogP) is 3.09. The van der Waals surface area contributed by atoms with Crippen molar-refractivity contribution in [2.75, 3.05) is 5.75 Å². The molecule has 0 aliphatic heterocycles. The first kappa shape index (κ1) is 9.07. The number of hydrogen-bond donors (Lipinski definition) is 0. The molecule has 0 amide bonds. The molecule has 1 heterocycles. The van der Waals surface area contributed by atoms with Crippen molar-refractivity contribution < 1.29 is 0 Å². The quantitative estimate of drug-likeness (QED) is 0.672. The van der Waals surface area contributed by atoms with E-state index >= 15 is 0 Å². The lowest BCUT2D eigenvalue weighted by atomic mass is 10.6. The van der Waals surface area contributed by atoms with Crippen molar-refractivity contribution in [2.24, 2.45) is 0 Å². The molecule has 1 nitrogen and oxygen atoms in total. The van der Waals surface area contributed by atoms with Gasteiger partial charge < -0.3 is 0 Å². The molecule has 1 aromatic rings. The highest BCUT2D eigenvalue weighted by molar-refractivity contribution is 7.98. The molecule has 0 fully saturated rings. The van der Waals surface area contributed by atoms with Crippen molar-refractivity contribution in [3.05, 3.63) is 16.1 Å². The Morgan fingerprint density at radius 3 is 3.00 bits per heavy atom. The minimum absolute atomic E-state index is 1.09. The highest BCUT2D eigenvalue weighted by Crippen LogP contribution is 2.17. The first-order chi connectivity index (χ1) is 5.33. The number of thiazole rings is 1. The van der Waals surface area contributed by atoms with Crippen LogP contribution >= 0.6 is 23.1 Å². The van der Waals surface area contributed by atoms with Gasteiger partial charge in [-0.1, -0.05) is 6.92 Å². The third-order valence-corrected chi connectivity index (χ3v) is 3.51. The van der Waals surface area contributed by atoms with Crippen LogP contribution in [-0.2, 0) is 5.75 Å². The second-order valence-corrected chi connectivity index (χ2v) is 4.84. The van der Waals surface area contributed by atoms with Gasteiger partial charge in [-0.05, 0) is 19.1 Å². The van der Waals surface area contributed by atoms with Crippen LogP contribution in [0.4, 0.5) is 0 Å². The van der Waals surface area contributed by atoms with Gasteiger partial charge in [0.2, 0.25) is 0 Å². The summed E-state index contributed by atoms with van der Waals surface area (Å²) in [5.41, 5.74) is 0. The molecule has 0 N–H and O–H groups in total. The number of nitrogens with zero attached hydrogens (tertiary/aromatic N) is 1. The fourth-order valence-corrected chi connectivity index (χ4v) is 2.52. The average Bonchev–Trinajstić information content (AvgIpc) is 2.37. The first-order valence-corrected chi connectivity index (χ1v) is 5.79. The topological polar surface area (TPSA) is 12.9 Å². The highest BCUT2D eigenvalue weighted by Gasteiger charge is 1.96. The summed E-state index contributed by atoms with van der Waals surface area (Å²) >= 11 is 3.77. The molecule has 0 bridgehead atoms. The van der Waals surface area contributed by atoms with Crippen molar-refractivity contribution in [1.82, 2.24) is 4.98 Å². The van der Waals surface area contributed by atoms with E-state index in [9.17, 15) is 0 Å². The zero-order valence-corrected chi connectivity index (χ0v) is 8.60. The summed E-state index contributed by atoms with van der Waals surface area (Å²) < 4.78 is 0. The molecule has 0 aliphatic rings. The molecule has 11 heavy (non-hydrogen) atoms. The molecule has 0 aliphatic carbocycles. The Hall–Kier alpha value is -0.0200. The maximum Gasteiger partial charge on any atom is 0.103 e. The van der Waals surface area contributed by atoms with E-state index in [1.54, 1.807) is 11.3 Å². The van der Waals surface area contributed by atoms with Gasteiger partial charge in [0, 0.05) is 16.8 Å². The zero-order chi connectivity index (χ0) is 8.10. The molecule has 0 spiro atoms. The van der Waals surface area contributed by atoms with Gasteiger partial charge in [-0.2, -0.15) is 11.8 Å². The van der Waals surface area contributed by atoms with E-state index in [2.05, 4.69) is 18.8 Å². The van der Waals surface area contributed by atoms with E-state index in [0.29, 0.717) is 0 Å². The minimum atomic E-state index is 1.09. The molecule has 0 aromatic carbocycles. The molecule has 3 heteroatoms. The van der Waals surface area contributed by atoms with E-state index in [4.69, 9.17) is 0 Å². The summed E-state index contributed by atoms with van der Waals surface area (Å²) in [6.07, 6.45) is 3.21. The maximum absolute atomic E-state index is 4.29. The van der Waals surface area contributed by atoms with Crippen LogP contribution in [0.1, 0.15) is 23.2 Å². The Morgan fingerprint density at radius 2 is 2.45 bits per heavy atom. The summed E-state index contributed by atoms with van der Waals surface area (Å²) in [5, 5.41) is 1.26. The Kier molecular flexibility index (Phi) is 3.94. The van der Waals surface area contributed by atoms with Gasteiger partial charge in [0.05, 0.1) is 0 Å². The summed E-state index contributed by atoms with van der Waals surface area (Å²) in [6, 6.07) is 0. The smallest absolute Gasteiger partial charge is 0.103 e. The molecule has 0 atom stereocenters. The van der Waals surface area contributed by atoms with Gasteiger partial charge in [-0.15, -0.1) is 11.3 Å². The molecule has 0 saturated heterocycles. The molecule has 62 valence electrons. The Bertz CT molecular complexity index is 208. The van der Waals surface area contributed by atoms with Crippen molar-refractivity contribution in [1.29, 1.82) is 0 Å². The van der Waals surface area contributed by atoms with Crippen LogP contribution in [0.25, 0.3) is 0 Å². The molecule has 0 radical (unpaired) electrons. The van der Waals surface area contributed by atoms with Crippen LogP contribution in [0, 0.1) is 6.92 Å². The van der Waals surface area contributed by atoms with E-state index in [1.165, 1.54) is 22.1 Å². The largest absolute Gasteiger partial charge is 0.249 e. The fourth-order valence-electron chi connectivity index (χ4n) is 0.772. The molecule has 1 aromatic heterocycles. The number of aryl methyl sites for hydroxylation is 1. The van der Waals surface area contributed by atoms with Crippen molar-refractivity contribution in [3.8, 4) is 0 Å². The second-order valence-electron chi connectivity index (χ2n) is 2.42. The van der Waals surface area contributed by atoms with Crippen LogP contribution in [0.2, 0.25) is 0 Å². The SMILES string of the molecule is CCCSCc1ncc(C)s1. The lowest BCUT2D eigenvalue weighted by molar-refractivity contribution is 1.10. The predicted molar refractivity (Wildman–Crippen MR) is 53.3 cm³/mol. The molecular weight excluding hydrogens is 174 g/mol. The van der Waals surface area contributed by atoms with Gasteiger partial charge in [0.1, 0.15) is 5.01 Å². The monoisotopic (exact) mass is 187 g/mol. The minimum Gasteiger partial charge on any atom is -0.249 e. The summed E-state index contributed by atoms with van der Waals surface area (Å²) in [4.78, 5) is 5.60. The van der Waals surface area contributed by atoms with Crippen molar-refractivity contribution in [3.63, 3.8) is 0 Å². The normalized spacial score (nSPS) is 10.4. The third kappa shape index (κ3) is 3.25. The van der Waals surface area contributed by atoms with Gasteiger partial charge in [0.25, 0.3) is 0 Å². The van der Waals surface area contributed by atoms with Gasteiger partial charge in [-0.25, -0.2) is 4.98 Å². The molecular formula is C8H13NS2. The molecule has 0 unspecified atom stereocenters. The Morgan fingerprint density at radius 1 is 1.64 bits per heavy atom. The lowest BCUT2D eigenvalue weighted by Crippen LogP contribution is -1.78. The number of thioether (sulfide) groups is 1. The Balaban J connectivity index is 2.27. The summed E-state index contributed by atoms with van der Waals surface area (Å²) in [7, 11) is 0. The van der Waals surface area contributed by atoms with Crippen LogP contribution in [0.5, 0.6) is 0 Å². The van der Waals surface area contributed by atoms with Crippen molar-refractivity contribution in [2.45, 2.75) is 26.0 Å². The number of rotatable bonds is 4. The Labute approximate surface area is 76.2 Å². The van der Waals surface area contributed by atoms with E-state index < -0.39 is 0 Å². The van der Waals surface area contributed by atoms with Crippen molar-refractivity contribution >= 4 is 23.1 Å². The number of aromatic nitrogens is 1. The summed E-state index contributed by atoms with van der Waals surface area (Å²) in [5.74, 6) is 2.34. The zero-order valence-electron chi connectivity index (χ0n) is 6.96. The average molecular weight is 187 g/mol. The van der Waals surface area contributed by atoms with Crippen LogP contribution in [0.15, 0.2) is 6.20 Å². The van der Waals surface area contributed by atoms with E-state index in [-0.39, 0.29) is 0 Å². The van der Waals surface area contributed by atoms with Gasteiger partial charge in [0.15, 0.2) is 0 Å². The van der Waals surface area contributed by atoms with Gasteiger partial charge >= 0.3 is 0 Å². The van der Waals surface area contributed by atoms with Crippen LogP contribution in [0.3, 0.4) is 0 Å². The van der Waals surface area contributed by atoms with E-state index in [0.717, 1.165) is 5.75 Å². The lowest BCUT2D eigenvalue weighted by Gasteiger charge is -1.93. The first-order valence-electron chi connectivity index (χ1n) is 3.82.